The molecule has 0 aromatic heterocycles. The van der Waals surface area contributed by atoms with E-state index in [1.165, 1.54) is 6.07 Å². The number of para-hydroxylation sites is 1. The van der Waals surface area contributed by atoms with Gasteiger partial charge in [-0.1, -0.05) is 35.9 Å². The van der Waals surface area contributed by atoms with Gasteiger partial charge in [0.25, 0.3) is 0 Å². The molecule has 2 rings (SSSR count). The molecule has 0 heterocycles. The molecule has 8 heteroatoms. The molecule has 1 N–H and O–H groups in total. The van der Waals surface area contributed by atoms with Gasteiger partial charge in [0.2, 0.25) is 15.9 Å². The van der Waals surface area contributed by atoms with E-state index >= 15 is 0 Å². The number of carbonyl (C=O) groups is 1. The van der Waals surface area contributed by atoms with Gasteiger partial charge in [-0.15, -0.1) is 0 Å². The van der Waals surface area contributed by atoms with Gasteiger partial charge in [-0.25, -0.2) is 8.42 Å². The fraction of sp³-hybridized carbons (Fsp3) is 0.316. The number of nitrogens with one attached hydrogen (secondary N) is 1. The predicted molar refractivity (Wildman–Crippen MR) is 108 cm³/mol. The molecule has 27 heavy (non-hydrogen) atoms. The summed E-state index contributed by atoms with van der Waals surface area (Å²) >= 11 is 5.93. The number of anilines is 1. The first-order chi connectivity index (χ1) is 12.7. The number of rotatable bonds is 8. The first-order valence-electron chi connectivity index (χ1n) is 8.38. The van der Waals surface area contributed by atoms with E-state index in [0.29, 0.717) is 10.7 Å². The lowest BCUT2D eigenvalue weighted by Crippen LogP contribution is -2.44. The summed E-state index contributed by atoms with van der Waals surface area (Å²) in [6, 6.07) is 13.7. The zero-order valence-corrected chi connectivity index (χ0v) is 17.0. The highest BCUT2D eigenvalue weighted by molar-refractivity contribution is 7.92. The fourth-order valence-corrected chi connectivity index (χ4v) is 3.49. The molecule has 0 aliphatic carbocycles. The van der Waals surface area contributed by atoms with Crippen LogP contribution in [-0.4, -0.2) is 39.8 Å². The molecule has 0 bridgehead atoms. The van der Waals surface area contributed by atoms with Gasteiger partial charge in [0.15, 0.2) is 0 Å². The van der Waals surface area contributed by atoms with Crippen molar-refractivity contribution in [3.8, 4) is 5.75 Å². The summed E-state index contributed by atoms with van der Waals surface area (Å²) < 4.78 is 30.9. The molecule has 0 unspecified atom stereocenters. The molecule has 146 valence electrons. The molecule has 0 radical (unpaired) electrons. The molecule has 1 amide bonds. The first-order valence-corrected chi connectivity index (χ1v) is 10.6. The van der Waals surface area contributed by atoms with Gasteiger partial charge in [0, 0.05) is 5.02 Å². The van der Waals surface area contributed by atoms with Gasteiger partial charge in [-0.05, 0) is 43.7 Å². The van der Waals surface area contributed by atoms with E-state index in [1.807, 2.05) is 31.2 Å². The maximum absolute atomic E-state index is 12.3. The SMILES string of the molecule is Cc1ccccc1OC[C@H](C)NC(=O)CN(c1cccc(Cl)c1)S(C)(=O)=O. The maximum atomic E-state index is 12.3. The van der Waals surface area contributed by atoms with E-state index in [1.54, 1.807) is 25.1 Å². The van der Waals surface area contributed by atoms with Crippen molar-refractivity contribution < 1.29 is 17.9 Å². The van der Waals surface area contributed by atoms with Gasteiger partial charge >= 0.3 is 0 Å². The Kier molecular flexibility index (Phi) is 7.10. The molecule has 0 saturated heterocycles. The largest absolute Gasteiger partial charge is 0.491 e. The van der Waals surface area contributed by atoms with Gasteiger partial charge in [0.1, 0.15) is 18.9 Å². The third-order valence-electron chi connectivity index (χ3n) is 3.77. The Bertz CT molecular complexity index is 902. The average molecular weight is 411 g/mol. The highest BCUT2D eigenvalue weighted by atomic mass is 35.5. The van der Waals surface area contributed by atoms with Gasteiger partial charge < -0.3 is 10.1 Å². The van der Waals surface area contributed by atoms with Crippen LogP contribution >= 0.6 is 11.6 Å². The van der Waals surface area contributed by atoms with Crippen molar-refractivity contribution in [2.24, 2.45) is 0 Å². The second-order valence-electron chi connectivity index (χ2n) is 6.29. The number of ether oxygens (including phenoxy) is 1. The highest BCUT2D eigenvalue weighted by Gasteiger charge is 2.22. The molecule has 1 atom stereocenters. The van der Waals surface area contributed by atoms with Crippen LogP contribution < -0.4 is 14.4 Å². The van der Waals surface area contributed by atoms with Crippen LogP contribution in [0.5, 0.6) is 5.75 Å². The Balaban J connectivity index is 1.98. The smallest absolute Gasteiger partial charge is 0.241 e. The molecule has 0 aliphatic heterocycles. The van der Waals surface area contributed by atoms with E-state index in [4.69, 9.17) is 16.3 Å². The predicted octanol–water partition coefficient (Wildman–Crippen LogP) is 3.00. The van der Waals surface area contributed by atoms with Crippen molar-refractivity contribution in [1.29, 1.82) is 0 Å². The molecule has 2 aromatic rings. The van der Waals surface area contributed by atoms with Crippen LogP contribution in [0.15, 0.2) is 48.5 Å². The lowest BCUT2D eigenvalue weighted by Gasteiger charge is -2.23. The Morgan fingerprint density at radius 1 is 1.22 bits per heavy atom. The van der Waals surface area contributed by atoms with E-state index < -0.39 is 15.9 Å². The standard InChI is InChI=1S/C19H23ClN2O4S/c1-14-7-4-5-10-18(14)26-13-15(2)21-19(23)12-22(27(3,24)25)17-9-6-8-16(20)11-17/h4-11,15H,12-13H2,1-3H3,(H,21,23)/t15-/m0/s1. The summed E-state index contributed by atoms with van der Waals surface area (Å²) in [5.41, 5.74) is 1.34. The zero-order chi connectivity index (χ0) is 20.0. The van der Waals surface area contributed by atoms with Gasteiger partial charge in [-0.2, -0.15) is 0 Å². The van der Waals surface area contributed by atoms with Gasteiger partial charge in [0.05, 0.1) is 18.0 Å². The molecule has 0 saturated carbocycles. The minimum Gasteiger partial charge on any atom is -0.491 e. The van der Waals surface area contributed by atoms with Crippen molar-refractivity contribution >= 4 is 33.2 Å². The summed E-state index contributed by atoms with van der Waals surface area (Å²) in [4.78, 5) is 12.3. The Hall–Kier alpha value is -2.25. The molecule has 0 fully saturated rings. The Morgan fingerprint density at radius 3 is 2.56 bits per heavy atom. The lowest BCUT2D eigenvalue weighted by molar-refractivity contribution is -0.120. The first kappa shape index (κ1) is 21.1. The van der Waals surface area contributed by atoms with Crippen molar-refractivity contribution in [1.82, 2.24) is 5.32 Å². The van der Waals surface area contributed by atoms with Crippen LogP contribution in [0.2, 0.25) is 5.02 Å². The molecular formula is C19H23ClN2O4S. The van der Waals surface area contributed by atoms with E-state index in [0.717, 1.165) is 21.9 Å². The minimum absolute atomic E-state index is 0.270. The van der Waals surface area contributed by atoms with Crippen LogP contribution in [0.3, 0.4) is 0 Å². The lowest BCUT2D eigenvalue weighted by atomic mass is 10.2. The number of halogens is 1. The number of nitrogens with zero attached hydrogens (tertiary/aromatic N) is 1. The number of carbonyl (C=O) groups excluding carboxylic acids is 1. The van der Waals surface area contributed by atoms with E-state index in [2.05, 4.69) is 5.32 Å². The van der Waals surface area contributed by atoms with Crippen LogP contribution in [0.1, 0.15) is 12.5 Å². The van der Waals surface area contributed by atoms with Crippen molar-refractivity contribution in [2.45, 2.75) is 19.9 Å². The van der Waals surface area contributed by atoms with E-state index in [9.17, 15) is 13.2 Å². The van der Waals surface area contributed by atoms with Crippen molar-refractivity contribution in [3.63, 3.8) is 0 Å². The molecule has 6 nitrogen and oxygen atoms in total. The topological polar surface area (TPSA) is 75.7 Å². The Labute approximate surface area is 165 Å². The molecule has 0 aliphatic rings. The molecule has 0 spiro atoms. The summed E-state index contributed by atoms with van der Waals surface area (Å²) in [6.07, 6.45) is 1.05. The number of benzene rings is 2. The number of amides is 1. The number of sulfonamides is 1. The van der Waals surface area contributed by atoms with Crippen LogP contribution in [0.4, 0.5) is 5.69 Å². The average Bonchev–Trinajstić information content (AvgIpc) is 2.58. The third-order valence-corrected chi connectivity index (χ3v) is 5.15. The maximum Gasteiger partial charge on any atom is 0.241 e. The summed E-state index contributed by atoms with van der Waals surface area (Å²) in [7, 11) is -3.64. The monoisotopic (exact) mass is 410 g/mol. The van der Waals surface area contributed by atoms with Crippen LogP contribution in [0.25, 0.3) is 0 Å². The van der Waals surface area contributed by atoms with Crippen molar-refractivity contribution in [2.75, 3.05) is 23.7 Å². The van der Waals surface area contributed by atoms with Crippen LogP contribution in [0, 0.1) is 6.92 Å². The minimum atomic E-state index is -3.64. The third kappa shape index (κ3) is 6.45. The second kappa shape index (κ2) is 9.10. The quantitative estimate of drug-likeness (QED) is 0.725. The van der Waals surface area contributed by atoms with Crippen LogP contribution in [-0.2, 0) is 14.8 Å². The normalized spacial score (nSPS) is 12.3. The zero-order valence-electron chi connectivity index (χ0n) is 15.5. The Morgan fingerprint density at radius 2 is 1.93 bits per heavy atom. The fourth-order valence-electron chi connectivity index (χ4n) is 2.46. The van der Waals surface area contributed by atoms with Gasteiger partial charge in [-0.3, -0.25) is 9.10 Å². The van der Waals surface area contributed by atoms with Crippen molar-refractivity contribution in [3.05, 3.63) is 59.1 Å². The highest BCUT2D eigenvalue weighted by Crippen LogP contribution is 2.21. The molecular weight excluding hydrogens is 388 g/mol. The number of hydrogen-bond acceptors (Lipinski definition) is 4. The van der Waals surface area contributed by atoms with E-state index in [-0.39, 0.29) is 19.2 Å². The summed E-state index contributed by atoms with van der Waals surface area (Å²) in [6.45, 7) is 3.66. The second-order valence-corrected chi connectivity index (χ2v) is 8.64. The summed E-state index contributed by atoms with van der Waals surface area (Å²) in [5, 5.41) is 3.14. The number of aryl methyl sites for hydroxylation is 1. The molecule has 2 aromatic carbocycles. The summed E-state index contributed by atoms with van der Waals surface area (Å²) in [5.74, 6) is 0.316. The number of hydrogen-bond donors (Lipinski definition) is 1.